The predicted octanol–water partition coefficient (Wildman–Crippen LogP) is 3.31. The summed E-state index contributed by atoms with van der Waals surface area (Å²) in [5.74, 6) is 0.192. The lowest BCUT2D eigenvalue weighted by Gasteiger charge is -2.25. The van der Waals surface area contributed by atoms with Gasteiger partial charge in [0.15, 0.2) is 10.8 Å². The summed E-state index contributed by atoms with van der Waals surface area (Å²) in [5.41, 5.74) is 4.35. The normalized spacial score (nSPS) is 13.7. The summed E-state index contributed by atoms with van der Waals surface area (Å²) in [7, 11) is 0. The summed E-state index contributed by atoms with van der Waals surface area (Å²) in [6.07, 6.45) is 0.738. The van der Waals surface area contributed by atoms with Crippen LogP contribution in [0.15, 0.2) is 28.8 Å². The molecule has 3 heterocycles. The van der Waals surface area contributed by atoms with E-state index in [1.54, 1.807) is 13.0 Å². The Labute approximate surface area is 178 Å². The molecular weight excluding hydrogens is 402 g/mol. The van der Waals surface area contributed by atoms with E-state index in [-0.39, 0.29) is 17.5 Å². The lowest BCUT2D eigenvalue weighted by atomic mass is 10.1. The highest BCUT2D eigenvalue weighted by Crippen LogP contribution is 2.28. The molecule has 1 aliphatic heterocycles. The van der Waals surface area contributed by atoms with E-state index in [1.807, 2.05) is 32.0 Å². The lowest BCUT2D eigenvalue weighted by molar-refractivity contribution is -0.117. The number of carbonyl (C=O) groups is 2. The maximum atomic E-state index is 12.5. The number of aromatic nitrogens is 2. The highest BCUT2D eigenvalue weighted by atomic mass is 32.1. The summed E-state index contributed by atoms with van der Waals surface area (Å²) >= 11 is 1.43. The van der Waals surface area contributed by atoms with Crippen LogP contribution in [0.2, 0.25) is 0 Å². The van der Waals surface area contributed by atoms with Crippen molar-refractivity contribution in [2.75, 3.05) is 23.7 Å². The van der Waals surface area contributed by atoms with Crippen molar-refractivity contribution in [3.63, 3.8) is 0 Å². The first kappa shape index (κ1) is 20.2. The molecule has 0 saturated heterocycles. The van der Waals surface area contributed by atoms with Gasteiger partial charge in [-0.1, -0.05) is 11.2 Å². The fraction of sp³-hybridized carbons (Fsp3) is 0.333. The molecule has 0 atom stereocenters. The number of aryl methyl sites for hydroxylation is 3. The number of anilines is 2. The minimum Gasteiger partial charge on any atom is -0.361 e. The first-order valence-electron chi connectivity index (χ1n) is 9.70. The van der Waals surface area contributed by atoms with Crippen LogP contribution in [-0.2, 0) is 17.8 Å². The molecule has 0 spiro atoms. The first-order valence-corrected chi connectivity index (χ1v) is 10.5. The summed E-state index contributed by atoms with van der Waals surface area (Å²) in [5, 5.41) is 10.00. The number of hydrogen-bond donors (Lipinski definition) is 2. The molecule has 0 bridgehead atoms. The van der Waals surface area contributed by atoms with Crippen LogP contribution in [-0.4, -0.2) is 39.9 Å². The molecule has 0 fully saturated rings. The van der Waals surface area contributed by atoms with Gasteiger partial charge in [-0.25, -0.2) is 4.98 Å². The third-order valence-electron chi connectivity index (χ3n) is 5.05. The van der Waals surface area contributed by atoms with Gasteiger partial charge in [0, 0.05) is 36.1 Å². The summed E-state index contributed by atoms with van der Waals surface area (Å²) < 4.78 is 4.94. The van der Waals surface area contributed by atoms with Gasteiger partial charge in [-0.3, -0.25) is 19.8 Å². The lowest BCUT2D eigenvalue weighted by Crippen LogP contribution is -2.36. The summed E-state index contributed by atoms with van der Waals surface area (Å²) in [6.45, 7) is 7.49. The van der Waals surface area contributed by atoms with Gasteiger partial charge in [0.1, 0.15) is 5.76 Å². The van der Waals surface area contributed by atoms with Crippen molar-refractivity contribution in [2.45, 2.75) is 33.7 Å². The Morgan fingerprint density at radius 3 is 2.73 bits per heavy atom. The third kappa shape index (κ3) is 4.58. The van der Waals surface area contributed by atoms with Crippen LogP contribution < -0.4 is 10.6 Å². The molecule has 2 aromatic heterocycles. The molecule has 0 unspecified atom stereocenters. The van der Waals surface area contributed by atoms with Gasteiger partial charge >= 0.3 is 0 Å². The van der Waals surface area contributed by atoms with Crippen LogP contribution in [0.25, 0.3) is 0 Å². The standard InChI is InChI=1S/C21H23N5O3S/c1-12-4-5-15(8-13(12)2)22-19(27)11-26-7-6-16-18(10-26)30-21(23-16)24-20(28)17-9-14(3)29-25-17/h4-5,8-9H,6-7,10-11H2,1-3H3,(H,22,27)(H,23,24,28). The van der Waals surface area contributed by atoms with E-state index in [0.29, 0.717) is 24.0 Å². The average Bonchev–Trinajstić information content (AvgIpc) is 3.30. The molecule has 1 aromatic carbocycles. The molecule has 2 N–H and O–H groups in total. The Balaban J connectivity index is 1.34. The van der Waals surface area contributed by atoms with Gasteiger partial charge in [0.25, 0.3) is 5.91 Å². The van der Waals surface area contributed by atoms with Gasteiger partial charge < -0.3 is 9.84 Å². The van der Waals surface area contributed by atoms with Crippen molar-refractivity contribution in [3.8, 4) is 0 Å². The van der Waals surface area contributed by atoms with Crippen LogP contribution in [0.1, 0.15) is 37.9 Å². The zero-order valence-electron chi connectivity index (χ0n) is 17.1. The molecular formula is C21H23N5O3S. The molecule has 4 rings (SSSR count). The van der Waals surface area contributed by atoms with E-state index in [0.717, 1.165) is 34.8 Å². The molecule has 0 saturated carbocycles. The van der Waals surface area contributed by atoms with Crippen LogP contribution in [0.5, 0.6) is 0 Å². The molecule has 156 valence electrons. The van der Waals surface area contributed by atoms with Crippen LogP contribution in [0.3, 0.4) is 0 Å². The Morgan fingerprint density at radius 1 is 1.17 bits per heavy atom. The number of amides is 2. The van der Waals surface area contributed by atoms with Gasteiger partial charge in [0.2, 0.25) is 5.91 Å². The zero-order valence-corrected chi connectivity index (χ0v) is 17.9. The van der Waals surface area contributed by atoms with Crippen molar-refractivity contribution in [2.24, 2.45) is 0 Å². The predicted molar refractivity (Wildman–Crippen MR) is 115 cm³/mol. The smallest absolute Gasteiger partial charge is 0.279 e. The van der Waals surface area contributed by atoms with Gasteiger partial charge in [-0.2, -0.15) is 0 Å². The third-order valence-corrected chi connectivity index (χ3v) is 6.05. The Bertz CT molecular complexity index is 1100. The number of carbonyl (C=O) groups excluding carboxylic acids is 2. The van der Waals surface area contributed by atoms with Crippen LogP contribution in [0.4, 0.5) is 10.8 Å². The molecule has 30 heavy (non-hydrogen) atoms. The molecule has 2 amide bonds. The number of benzene rings is 1. The minimum absolute atomic E-state index is 0.0406. The number of fused-ring (bicyclic) bond motifs is 1. The number of thiazole rings is 1. The Kier molecular flexibility index (Phi) is 5.65. The van der Waals surface area contributed by atoms with Crippen molar-refractivity contribution in [3.05, 3.63) is 57.4 Å². The van der Waals surface area contributed by atoms with Gasteiger partial charge in [0.05, 0.1) is 12.2 Å². The molecule has 0 aliphatic carbocycles. The number of nitrogens with zero attached hydrogens (tertiary/aromatic N) is 3. The van der Waals surface area contributed by atoms with E-state index in [2.05, 4.69) is 25.7 Å². The second-order valence-electron chi connectivity index (χ2n) is 7.47. The van der Waals surface area contributed by atoms with Gasteiger partial charge in [-0.05, 0) is 44.0 Å². The van der Waals surface area contributed by atoms with E-state index < -0.39 is 0 Å². The van der Waals surface area contributed by atoms with Crippen molar-refractivity contribution in [1.29, 1.82) is 0 Å². The second-order valence-corrected chi connectivity index (χ2v) is 8.56. The molecule has 9 heteroatoms. The summed E-state index contributed by atoms with van der Waals surface area (Å²) in [6, 6.07) is 7.49. The molecule has 8 nitrogen and oxygen atoms in total. The number of nitrogens with one attached hydrogen (secondary N) is 2. The quantitative estimate of drug-likeness (QED) is 0.651. The summed E-state index contributed by atoms with van der Waals surface area (Å²) in [4.78, 5) is 32.4. The Hall–Kier alpha value is -3.04. The largest absolute Gasteiger partial charge is 0.361 e. The highest BCUT2D eigenvalue weighted by Gasteiger charge is 2.23. The van der Waals surface area contributed by atoms with E-state index in [9.17, 15) is 9.59 Å². The highest BCUT2D eigenvalue weighted by molar-refractivity contribution is 7.15. The second kappa shape index (κ2) is 8.37. The topological polar surface area (TPSA) is 100 Å². The fourth-order valence-electron chi connectivity index (χ4n) is 3.29. The minimum atomic E-state index is -0.345. The van der Waals surface area contributed by atoms with E-state index >= 15 is 0 Å². The Morgan fingerprint density at radius 2 is 2.00 bits per heavy atom. The zero-order chi connectivity index (χ0) is 21.3. The van der Waals surface area contributed by atoms with E-state index in [4.69, 9.17) is 4.52 Å². The first-order chi connectivity index (χ1) is 14.4. The van der Waals surface area contributed by atoms with Crippen LogP contribution in [0, 0.1) is 20.8 Å². The maximum Gasteiger partial charge on any atom is 0.279 e. The average molecular weight is 426 g/mol. The van der Waals surface area contributed by atoms with Crippen LogP contribution >= 0.6 is 11.3 Å². The maximum absolute atomic E-state index is 12.5. The molecule has 0 radical (unpaired) electrons. The number of hydrogen-bond acceptors (Lipinski definition) is 7. The van der Waals surface area contributed by atoms with Crippen molar-refractivity contribution >= 4 is 34.0 Å². The molecule has 1 aliphatic rings. The van der Waals surface area contributed by atoms with Crippen molar-refractivity contribution in [1.82, 2.24) is 15.0 Å². The van der Waals surface area contributed by atoms with E-state index in [1.165, 1.54) is 16.9 Å². The number of rotatable bonds is 5. The SMILES string of the molecule is Cc1cc(C(=O)Nc2nc3c(s2)CN(CC(=O)Nc2ccc(C)c(C)c2)CC3)no1. The fourth-order valence-corrected chi connectivity index (χ4v) is 4.34. The monoisotopic (exact) mass is 425 g/mol. The molecule has 3 aromatic rings. The van der Waals surface area contributed by atoms with Crippen molar-refractivity contribution < 1.29 is 14.1 Å². The van der Waals surface area contributed by atoms with Gasteiger partial charge in [-0.15, -0.1) is 11.3 Å².